The number of nitrogens with two attached hydrogens (primary N) is 1. The maximum Gasteiger partial charge on any atom is 0.119 e. The zero-order valence-corrected chi connectivity index (χ0v) is 10.6. The lowest BCUT2D eigenvalue weighted by atomic mass is 9.79. The molecule has 94 valence electrons. The van der Waals surface area contributed by atoms with Crippen molar-refractivity contribution in [1.82, 2.24) is 5.32 Å². The molecule has 0 aromatic heterocycles. The van der Waals surface area contributed by atoms with Crippen molar-refractivity contribution in [3.05, 3.63) is 29.8 Å². The monoisotopic (exact) mass is 234 g/mol. The first-order valence-electron chi connectivity index (χ1n) is 6.32. The van der Waals surface area contributed by atoms with E-state index in [4.69, 9.17) is 10.5 Å². The highest BCUT2D eigenvalue weighted by Crippen LogP contribution is 2.33. The van der Waals surface area contributed by atoms with E-state index in [1.165, 1.54) is 5.56 Å². The van der Waals surface area contributed by atoms with Crippen LogP contribution < -0.4 is 15.8 Å². The molecule has 3 unspecified atom stereocenters. The molecule has 0 saturated carbocycles. The van der Waals surface area contributed by atoms with Crippen molar-refractivity contribution in [2.24, 2.45) is 11.7 Å². The number of hydrogen-bond donors (Lipinski definition) is 2. The van der Waals surface area contributed by atoms with Crippen molar-refractivity contribution in [2.45, 2.75) is 25.3 Å². The van der Waals surface area contributed by atoms with Crippen molar-refractivity contribution in [1.29, 1.82) is 0 Å². The molecule has 3 N–H and O–H groups in total. The van der Waals surface area contributed by atoms with Crippen LogP contribution in [0.2, 0.25) is 0 Å². The van der Waals surface area contributed by atoms with Crippen LogP contribution in [-0.2, 0) is 0 Å². The summed E-state index contributed by atoms with van der Waals surface area (Å²) in [6.45, 7) is 3.99. The number of benzene rings is 1. The summed E-state index contributed by atoms with van der Waals surface area (Å²) >= 11 is 0. The number of hydrogen-bond acceptors (Lipinski definition) is 3. The highest BCUT2D eigenvalue weighted by Gasteiger charge is 2.28. The second-order valence-electron chi connectivity index (χ2n) is 4.92. The Morgan fingerprint density at radius 2 is 2.29 bits per heavy atom. The molecule has 1 aromatic carbocycles. The van der Waals surface area contributed by atoms with Crippen molar-refractivity contribution < 1.29 is 4.74 Å². The Labute approximate surface area is 103 Å². The zero-order valence-electron chi connectivity index (χ0n) is 10.6. The van der Waals surface area contributed by atoms with Crippen LogP contribution in [0.5, 0.6) is 5.75 Å². The fourth-order valence-corrected chi connectivity index (χ4v) is 2.68. The van der Waals surface area contributed by atoms with Gasteiger partial charge in [-0.2, -0.15) is 0 Å². The molecule has 1 aromatic rings. The maximum absolute atomic E-state index is 5.88. The standard InChI is InChI=1S/C14H22N2O/c1-10-6-14(12(8-15)9-16-10)11-4-3-5-13(7-11)17-2/h3-5,7,10,12,14,16H,6,8-9,15H2,1-2H3. The third-order valence-corrected chi connectivity index (χ3v) is 3.73. The molecule has 3 heteroatoms. The zero-order chi connectivity index (χ0) is 12.3. The van der Waals surface area contributed by atoms with Gasteiger partial charge in [0.1, 0.15) is 5.75 Å². The lowest BCUT2D eigenvalue weighted by Gasteiger charge is -2.35. The van der Waals surface area contributed by atoms with Gasteiger partial charge in [-0.15, -0.1) is 0 Å². The Bertz CT molecular complexity index is 367. The van der Waals surface area contributed by atoms with E-state index < -0.39 is 0 Å². The second kappa shape index (κ2) is 5.52. The number of nitrogens with one attached hydrogen (secondary N) is 1. The number of ether oxygens (including phenoxy) is 1. The van der Waals surface area contributed by atoms with Crippen LogP contribution in [0.4, 0.5) is 0 Å². The summed E-state index contributed by atoms with van der Waals surface area (Å²) in [5.74, 6) is 2.01. The van der Waals surface area contributed by atoms with Crippen LogP contribution in [0.3, 0.4) is 0 Å². The van der Waals surface area contributed by atoms with Gasteiger partial charge in [-0.3, -0.25) is 0 Å². The number of rotatable bonds is 3. The highest BCUT2D eigenvalue weighted by molar-refractivity contribution is 5.31. The molecule has 1 aliphatic rings. The molecule has 1 aliphatic heterocycles. The molecular weight excluding hydrogens is 212 g/mol. The van der Waals surface area contributed by atoms with Gasteiger partial charge in [0.05, 0.1) is 7.11 Å². The molecule has 3 nitrogen and oxygen atoms in total. The molecule has 17 heavy (non-hydrogen) atoms. The average Bonchev–Trinajstić information content (AvgIpc) is 2.39. The minimum Gasteiger partial charge on any atom is -0.497 e. The molecule has 3 atom stereocenters. The van der Waals surface area contributed by atoms with Gasteiger partial charge >= 0.3 is 0 Å². The predicted molar refractivity (Wildman–Crippen MR) is 70.4 cm³/mol. The van der Waals surface area contributed by atoms with E-state index in [0.29, 0.717) is 17.9 Å². The topological polar surface area (TPSA) is 47.3 Å². The third-order valence-electron chi connectivity index (χ3n) is 3.73. The fourth-order valence-electron chi connectivity index (χ4n) is 2.68. The summed E-state index contributed by atoms with van der Waals surface area (Å²) in [6, 6.07) is 8.95. The van der Waals surface area contributed by atoms with Gasteiger partial charge in [0.15, 0.2) is 0 Å². The second-order valence-corrected chi connectivity index (χ2v) is 4.92. The summed E-state index contributed by atoms with van der Waals surface area (Å²) in [7, 11) is 1.71. The quantitative estimate of drug-likeness (QED) is 0.837. The summed E-state index contributed by atoms with van der Waals surface area (Å²) < 4.78 is 5.29. The Hall–Kier alpha value is -1.06. The molecule has 0 aliphatic carbocycles. The van der Waals surface area contributed by atoms with Crippen LogP contribution in [0, 0.1) is 5.92 Å². The Morgan fingerprint density at radius 1 is 1.47 bits per heavy atom. The maximum atomic E-state index is 5.88. The SMILES string of the molecule is COc1cccc(C2CC(C)NCC2CN)c1. The summed E-state index contributed by atoms with van der Waals surface area (Å²) in [5.41, 5.74) is 7.23. The number of piperidine rings is 1. The first-order chi connectivity index (χ1) is 8.24. The van der Waals surface area contributed by atoms with Crippen molar-refractivity contribution in [3.63, 3.8) is 0 Å². The Balaban J connectivity index is 2.22. The van der Waals surface area contributed by atoms with Gasteiger partial charge in [-0.25, -0.2) is 0 Å². The van der Waals surface area contributed by atoms with Gasteiger partial charge in [0.25, 0.3) is 0 Å². The highest BCUT2D eigenvalue weighted by atomic mass is 16.5. The minimum absolute atomic E-state index is 0.526. The van der Waals surface area contributed by atoms with Gasteiger partial charge in [-0.05, 0) is 56.0 Å². The van der Waals surface area contributed by atoms with E-state index in [1.807, 2.05) is 6.07 Å². The molecule has 2 rings (SSSR count). The van der Waals surface area contributed by atoms with E-state index in [9.17, 15) is 0 Å². The Morgan fingerprint density at radius 3 is 3.00 bits per heavy atom. The van der Waals surface area contributed by atoms with Crippen molar-refractivity contribution >= 4 is 0 Å². The molecule has 0 amide bonds. The van der Waals surface area contributed by atoms with Crippen LogP contribution in [0.15, 0.2) is 24.3 Å². The van der Waals surface area contributed by atoms with Gasteiger partial charge in [-0.1, -0.05) is 12.1 Å². The molecule has 1 heterocycles. The first-order valence-corrected chi connectivity index (χ1v) is 6.32. The summed E-state index contributed by atoms with van der Waals surface area (Å²) in [6.07, 6.45) is 1.15. The summed E-state index contributed by atoms with van der Waals surface area (Å²) in [4.78, 5) is 0. The molecule has 1 saturated heterocycles. The van der Waals surface area contributed by atoms with Crippen LogP contribution in [0.1, 0.15) is 24.8 Å². The minimum atomic E-state index is 0.526. The molecule has 1 fully saturated rings. The van der Waals surface area contributed by atoms with Gasteiger partial charge in [0, 0.05) is 6.04 Å². The van der Waals surface area contributed by atoms with Gasteiger partial charge < -0.3 is 15.8 Å². The van der Waals surface area contributed by atoms with E-state index in [2.05, 4.69) is 30.4 Å². The molecular formula is C14H22N2O. The molecule has 0 spiro atoms. The smallest absolute Gasteiger partial charge is 0.119 e. The van der Waals surface area contributed by atoms with Crippen molar-refractivity contribution in [2.75, 3.05) is 20.2 Å². The average molecular weight is 234 g/mol. The van der Waals surface area contributed by atoms with Crippen LogP contribution >= 0.6 is 0 Å². The van der Waals surface area contributed by atoms with E-state index >= 15 is 0 Å². The van der Waals surface area contributed by atoms with Crippen LogP contribution in [0.25, 0.3) is 0 Å². The fraction of sp³-hybridized carbons (Fsp3) is 0.571. The molecule has 0 radical (unpaired) electrons. The van der Waals surface area contributed by atoms with Gasteiger partial charge in [0.2, 0.25) is 0 Å². The largest absolute Gasteiger partial charge is 0.497 e. The van der Waals surface area contributed by atoms with Crippen LogP contribution in [-0.4, -0.2) is 26.2 Å². The lowest BCUT2D eigenvalue weighted by Crippen LogP contribution is -2.44. The van der Waals surface area contributed by atoms with E-state index in [-0.39, 0.29) is 0 Å². The number of methoxy groups -OCH3 is 1. The lowest BCUT2D eigenvalue weighted by molar-refractivity contribution is 0.284. The third kappa shape index (κ3) is 2.79. The van der Waals surface area contributed by atoms with E-state index in [1.54, 1.807) is 7.11 Å². The van der Waals surface area contributed by atoms with E-state index in [0.717, 1.165) is 25.3 Å². The summed E-state index contributed by atoms with van der Waals surface area (Å²) in [5, 5.41) is 3.50. The van der Waals surface area contributed by atoms with Crippen molar-refractivity contribution in [3.8, 4) is 5.75 Å². The molecule has 0 bridgehead atoms. The predicted octanol–water partition coefficient (Wildman–Crippen LogP) is 1.74. The first kappa shape index (κ1) is 12.4. The Kier molecular flexibility index (Phi) is 4.02. The normalized spacial score (nSPS) is 29.0.